The molecule has 116 valence electrons. The van der Waals surface area contributed by atoms with Gasteiger partial charge in [0.05, 0.1) is 12.6 Å². The lowest BCUT2D eigenvalue weighted by atomic mass is 10.1. The summed E-state index contributed by atoms with van der Waals surface area (Å²) < 4.78 is 6.76. The molecule has 0 amide bonds. The van der Waals surface area contributed by atoms with Crippen molar-refractivity contribution in [3.8, 4) is 5.75 Å². The van der Waals surface area contributed by atoms with Crippen molar-refractivity contribution in [3.63, 3.8) is 0 Å². The van der Waals surface area contributed by atoms with E-state index in [0.29, 0.717) is 33.1 Å². The Morgan fingerprint density at radius 2 is 1.87 bits per heavy atom. The third-order valence-corrected chi connectivity index (χ3v) is 4.13. The SMILES string of the molecule is COc1ccc2c(C=O)c(C)n(C(=O)c3ccc(Cl)cc3)c2c1. The zero-order valence-electron chi connectivity index (χ0n) is 12.7. The van der Waals surface area contributed by atoms with E-state index >= 15 is 0 Å². The predicted octanol–water partition coefficient (Wildman–Crippen LogP) is 4.11. The van der Waals surface area contributed by atoms with Gasteiger partial charge in [0.25, 0.3) is 5.91 Å². The minimum absolute atomic E-state index is 0.217. The Labute approximate surface area is 138 Å². The molecule has 3 aromatic rings. The van der Waals surface area contributed by atoms with Crippen LogP contribution < -0.4 is 4.74 Å². The van der Waals surface area contributed by atoms with Crippen molar-refractivity contribution < 1.29 is 14.3 Å². The molecule has 3 rings (SSSR count). The highest BCUT2D eigenvalue weighted by molar-refractivity contribution is 6.30. The van der Waals surface area contributed by atoms with Gasteiger partial charge in [-0.25, -0.2) is 0 Å². The average Bonchev–Trinajstić information content (AvgIpc) is 2.85. The maximum atomic E-state index is 12.9. The van der Waals surface area contributed by atoms with Crippen molar-refractivity contribution in [1.29, 1.82) is 0 Å². The number of aldehydes is 1. The smallest absolute Gasteiger partial charge is 0.262 e. The predicted molar refractivity (Wildman–Crippen MR) is 89.8 cm³/mol. The number of carbonyl (C=O) groups excluding carboxylic acids is 2. The zero-order chi connectivity index (χ0) is 16.6. The Hall–Kier alpha value is -2.59. The van der Waals surface area contributed by atoms with E-state index in [4.69, 9.17) is 16.3 Å². The van der Waals surface area contributed by atoms with Crippen molar-refractivity contribution in [3.05, 3.63) is 64.3 Å². The molecule has 2 aromatic carbocycles. The van der Waals surface area contributed by atoms with Gasteiger partial charge < -0.3 is 4.74 Å². The molecular formula is C18H14ClNO3. The Morgan fingerprint density at radius 1 is 1.17 bits per heavy atom. The highest BCUT2D eigenvalue weighted by atomic mass is 35.5. The molecule has 0 aliphatic rings. The van der Waals surface area contributed by atoms with Gasteiger partial charge in [-0.1, -0.05) is 11.6 Å². The maximum Gasteiger partial charge on any atom is 0.262 e. The van der Waals surface area contributed by atoms with E-state index in [0.717, 1.165) is 11.7 Å². The molecule has 0 saturated carbocycles. The van der Waals surface area contributed by atoms with Gasteiger partial charge in [-0.2, -0.15) is 0 Å². The van der Waals surface area contributed by atoms with Crippen LogP contribution in [0.1, 0.15) is 26.4 Å². The van der Waals surface area contributed by atoms with Crippen LogP contribution in [0.25, 0.3) is 10.9 Å². The molecule has 0 aliphatic heterocycles. The van der Waals surface area contributed by atoms with E-state index in [1.807, 2.05) is 0 Å². The van der Waals surface area contributed by atoms with Crippen molar-refractivity contribution >= 4 is 34.7 Å². The van der Waals surface area contributed by atoms with E-state index in [9.17, 15) is 9.59 Å². The molecule has 0 unspecified atom stereocenters. The van der Waals surface area contributed by atoms with Gasteiger partial charge in [-0.05, 0) is 43.3 Å². The van der Waals surface area contributed by atoms with Crippen LogP contribution in [-0.4, -0.2) is 23.9 Å². The number of methoxy groups -OCH3 is 1. The first-order chi connectivity index (χ1) is 11.1. The summed E-state index contributed by atoms with van der Waals surface area (Å²) in [5, 5.41) is 1.28. The van der Waals surface area contributed by atoms with E-state index in [2.05, 4.69) is 0 Å². The van der Waals surface area contributed by atoms with Gasteiger partial charge in [0.15, 0.2) is 6.29 Å². The average molecular weight is 328 g/mol. The second kappa shape index (κ2) is 5.89. The zero-order valence-corrected chi connectivity index (χ0v) is 13.4. The highest BCUT2D eigenvalue weighted by Gasteiger charge is 2.20. The normalized spacial score (nSPS) is 10.7. The van der Waals surface area contributed by atoms with E-state index in [-0.39, 0.29) is 5.91 Å². The van der Waals surface area contributed by atoms with Gasteiger partial charge in [-0.15, -0.1) is 0 Å². The first kappa shape index (κ1) is 15.3. The molecule has 1 aromatic heterocycles. The number of benzene rings is 2. The monoisotopic (exact) mass is 327 g/mol. The van der Waals surface area contributed by atoms with Gasteiger partial charge in [0, 0.05) is 33.3 Å². The second-order valence-corrected chi connectivity index (χ2v) is 5.58. The lowest BCUT2D eigenvalue weighted by molar-refractivity contribution is 0.0963. The summed E-state index contributed by atoms with van der Waals surface area (Å²) in [5.41, 5.74) is 2.24. The number of fused-ring (bicyclic) bond motifs is 1. The number of ether oxygens (including phenoxy) is 1. The van der Waals surface area contributed by atoms with Gasteiger partial charge in [0.2, 0.25) is 0 Å². The molecule has 0 fully saturated rings. The lowest BCUT2D eigenvalue weighted by Crippen LogP contribution is -2.13. The maximum absolute atomic E-state index is 12.9. The van der Waals surface area contributed by atoms with Gasteiger partial charge >= 0.3 is 0 Å². The van der Waals surface area contributed by atoms with Crippen molar-refractivity contribution in [1.82, 2.24) is 4.57 Å². The summed E-state index contributed by atoms with van der Waals surface area (Å²) in [7, 11) is 1.56. The van der Waals surface area contributed by atoms with Crippen molar-refractivity contribution in [2.45, 2.75) is 6.92 Å². The quantitative estimate of drug-likeness (QED) is 0.680. The minimum Gasteiger partial charge on any atom is -0.497 e. The van der Waals surface area contributed by atoms with E-state index in [1.54, 1.807) is 56.5 Å². The Bertz CT molecular complexity index is 910. The topological polar surface area (TPSA) is 48.3 Å². The third-order valence-electron chi connectivity index (χ3n) is 3.87. The Balaban J connectivity index is 2.26. The highest BCUT2D eigenvalue weighted by Crippen LogP contribution is 2.29. The number of rotatable bonds is 3. The number of halogens is 1. The van der Waals surface area contributed by atoms with Crippen molar-refractivity contribution in [2.75, 3.05) is 7.11 Å². The fourth-order valence-electron chi connectivity index (χ4n) is 2.68. The molecular weight excluding hydrogens is 314 g/mol. The Morgan fingerprint density at radius 3 is 2.48 bits per heavy atom. The largest absolute Gasteiger partial charge is 0.497 e. The van der Waals surface area contributed by atoms with Crippen LogP contribution in [0.5, 0.6) is 5.75 Å². The summed E-state index contributed by atoms with van der Waals surface area (Å²) in [6.45, 7) is 1.75. The van der Waals surface area contributed by atoms with E-state index < -0.39 is 0 Å². The summed E-state index contributed by atoms with van der Waals surface area (Å²) in [4.78, 5) is 24.3. The molecule has 0 saturated heterocycles. The minimum atomic E-state index is -0.217. The number of carbonyl (C=O) groups is 2. The van der Waals surface area contributed by atoms with Crippen LogP contribution in [0.15, 0.2) is 42.5 Å². The Kier molecular flexibility index (Phi) is 3.92. The van der Waals surface area contributed by atoms with E-state index in [1.165, 1.54) is 4.57 Å². The number of aromatic nitrogens is 1. The first-order valence-electron chi connectivity index (χ1n) is 7.01. The lowest BCUT2D eigenvalue weighted by Gasteiger charge is -2.08. The first-order valence-corrected chi connectivity index (χ1v) is 7.39. The summed E-state index contributed by atoms with van der Waals surface area (Å²) in [6.07, 6.45) is 0.774. The van der Waals surface area contributed by atoms with Crippen LogP contribution in [0.2, 0.25) is 5.02 Å². The number of hydrogen-bond donors (Lipinski definition) is 0. The summed E-state index contributed by atoms with van der Waals surface area (Å²) >= 11 is 5.87. The third kappa shape index (κ3) is 2.51. The van der Waals surface area contributed by atoms with Gasteiger partial charge in [-0.3, -0.25) is 14.2 Å². The van der Waals surface area contributed by atoms with Crippen LogP contribution in [0.4, 0.5) is 0 Å². The number of nitrogens with zero attached hydrogens (tertiary/aromatic N) is 1. The molecule has 0 aliphatic carbocycles. The summed E-state index contributed by atoms with van der Waals surface area (Å²) in [5.74, 6) is 0.406. The molecule has 0 radical (unpaired) electrons. The fourth-order valence-corrected chi connectivity index (χ4v) is 2.81. The molecule has 0 bridgehead atoms. The molecule has 4 nitrogen and oxygen atoms in total. The van der Waals surface area contributed by atoms with Crippen LogP contribution in [0, 0.1) is 6.92 Å². The molecule has 0 N–H and O–H groups in total. The number of hydrogen-bond acceptors (Lipinski definition) is 3. The molecule has 0 atom stereocenters. The fraction of sp³-hybridized carbons (Fsp3) is 0.111. The summed E-state index contributed by atoms with van der Waals surface area (Å²) in [6, 6.07) is 12.0. The second-order valence-electron chi connectivity index (χ2n) is 5.15. The van der Waals surface area contributed by atoms with Gasteiger partial charge in [0.1, 0.15) is 5.75 Å². The molecule has 0 spiro atoms. The van der Waals surface area contributed by atoms with Crippen molar-refractivity contribution in [2.24, 2.45) is 0 Å². The molecule has 1 heterocycles. The molecule has 5 heteroatoms. The van der Waals surface area contributed by atoms with Crippen LogP contribution in [-0.2, 0) is 0 Å². The standard InChI is InChI=1S/C18H14ClNO3/c1-11-16(10-21)15-8-7-14(23-2)9-17(15)20(11)18(22)12-3-5-13(19)6-4-12/h3-10H,1-2H3. The van der Waals surface area contributed by atoms with Crippen LogP contribution >= 0.6 is 11.6 Å². The molecule has 23 heavy (non-hydrogen) atoms. The van der Waals surface area contributed by atoms with Crippen LogP contribution in [0.3, 0.4) is 0 Å².